The van der Waals surface area contributed by atoms with Crippen molar-refractivity contribution in [2.75, 3.05) is 0 Å². The number of pyridine rings is 1. The topological polar surface area (TPSA) is 33.1 Å². The number of para-hydroxylation sites is 1. The fourth-order valence-electron chi connectivity index (χ4n) is 4.97. The monoisotopic (exact) mass is 452 g/mol. The van der Waals surface area contributed by atoms with E-state index in [9.17, 15) is 0 Å². The molecule has 0 amide bonds. The maximum Gasteiger partial charge on any atom is 0.170 e. The third kappa shape index (κ3) is 3.93. The summed E-state index contributed by atoms with van der Waals surface area (Å²) >= 11 is 5.87. The molecule has 5 heteroatoms. The minimum Gasteiger partial charge on any atom is -0.352 e. The van der Waals surface area contributed by atoms with Crippen molar-refractivity contribution in [1.82, 2.24) is 19.8 Å². The number of nitrogens with one attached hydrogen (secondary N) is 1. The zero-order valence-corrected chi connectivity index (χ0v) is 20.0. The van der Waals surface area contributed by atoms with Gasteiger partial charge < -0.3 is 14.8 Å². The highest BCUT2D eigenvalue weighted by atomic mass is 32.1. The van der Waals surface area contributed by atoms with Crippen LogP contribution in [0.25, 0.3) is 5.69 Å². The second kappa shape index (κ2) is 8.83. The number of benzene rings is 2. The van der Waals surface area contributed by atoms with E-state index in [-0.39, 0.29) is 12.1 Å². The molecule has 33 heavy (non-hydrogen) atoms. The predicted molar refractivity (Wildman–Crippen MR) is 137 cm³/mol. The van der Waals surface area contributed by atoms with E-state index in [2.05, 4.69) is 101 Å². The first-order valence-electron chi connectivity index (χ1n) is 11.3. The van der Waals surface area contributed by atoms with Gasteiger partial charge in [-0.1, -0.05) is 54.6 Å². The quantitative estimate of drug-likeness (QED) is 0.378. The first-order chi connectivity index (χ1) is 16.0. The van der Waals surface area contributed by atoms with Crippen LogP contribution in [-0.2, 0) is 6.54 Å². The average Bonchev–Trinajstić information content (AvgIpc) is 3.30. The minimum atomic E-state index is -0.0202. The lowest BCUT2D eigenvalue weighted by atomic mass is 9.96. The molecule has 1 N–H and O–H groups in total. The van der Waals surface area contributed by atoms with Crippen LogP contribution in [0.5, 0.6) is 0 Å². The molecular formula is C28H28N4S. The summed E-state index contributed by atoms with van der Waals surface area (Å²) in [6.07, 6.45) is 1.85. The van der Waals surface area contributed by atoms with Crippen LogP contribution >= 0.6 is 12.2 Å². The molecule has 2 aromatic carbocycles. The molecule has 3 heterocycles. The van der Waals surface area contributed by atoms with Gasteiger partial charge in [0.15, 0.2) is 5.11 Å². The number of aryl methyl sites for hydroxylation is 2. The predicted octanol–water partition coefficient (Wildman–Crippen LogP) is 5.97. The van der Waals surface area contributed by atoms with E-state index < -0.39 is 0 Å². The lowest BCUT2D eigenvalue weighted by Gasteiger charge is -2.28. The molecule has 1 fully saturated rings. The summed E-state index contributed by atoms with van der Waals surface area (Å²) in [5.74, 6) is 0. The number of aromatic nitrogens is 2. The zero-order chi connectivity index (χ0) is 22.9. The zero-order valence-electron chi connectivity index (χ0n) is 19.2. The van der Waals surface area contributed by atoms with E-state index >= 15 is 0 Å². The molecule has 2 atom stereocenters. The maximum absolute atomic E-state index is 5.87. The van der Waals surface area contributed by atoms with Crippen LogP contribution in [0.2, 0.25) is 0 Å². The normalized spacial score (nSPS) is 17.9. The summed E-state index contributed by atoms with van der Waals surface area (Å²) in [5.41, 5.74) is 8.44. The van der Waals surface area contributed by atoms with E-state index in [0.29, 0.717) is 0 Å². The van der Waals surface area contributed by atoms with Crippen LogP contribution in [0.3, 0.4) is 0 Å². The molecule has 0 unspecified atom stereocenters. The molecule has 166 valence electrons. The van der Waals surface area contributed by atoms with E-state index in [1.807, 2.05) is 24.4 Å². The van der Waals surface area contributed by atoms with E-state index in [1.165, 1.54) is 33.8 Å². The number of hydrogen-bond acceptors (Lipinski definition) is 2. The average molecular weight is 453 g/mol. The van der Waals surface area contributed by atoms with Gasteiger partial charge in [-0.25, -0.2) is 0 Å². The molecule has 0 aliphatic carbocycles. The molecule has 2 aromatic heterocycles. The first-order valence-corrected chi connectivity index (χ1v) is 11.7. The number of nitrogens with zero attached hydrogens (tertiary/aromatic N) is 3. The molecule has 4 nitrogen and oxygen atoms in total. The van der Waals surface area contributed by atoms with Crippen molar-refractivity contribution >= 4 is 17.3 Å². The fourth-order valence-corrected chi connectivity index (χ4v) is 5.27. The summed E-state index contributed by atoms with van der Waals surface area (Å²) in [6, 6.07) is 27.5. The summed E-state index contributed by atoms with van der Waals surface area (Å²) in [5, 5.41) is 4.35. The van der Waals surface area contributed by atoms with Crippen LogP contribution in [0, 0.1) is 20.8 Å². The van der Waals surface area contributed by atoms with Crippen molar-refractivity contribution in [3.8, 4) is 5.69 Å². The lowest BCUT2D eigenvalue weighted by molar-refractivity contribution is 0.310. The van der Waals surface area contributed by atoms with Gasteiger partial charge in [0.05, 0.1) is 17.8 Å². The summed E-state index contributed by atoms with van der Waals surface area (Å²) in [7, 11) is 0. The minimum absolute atomic E-state index is 0.0202. The van der Waals surface area contributed by atoms with Crippen LogP contribution < -0.4 is 5.32 Å². The third-order valence-electron chi connectivity index (χ3n) is 6.54. The van der Waals surface area contributed by atoms with E-state index in [4.69, 9.17) is 12.2 Å². The Morgan fingerprint density at radius 1 is 0.909 bits per heavy atom. The van der Waals surface area contributed by atoms with Crippen molar-refractivity contribution in [3.63, 3.8) is 0 Å². The van der Waals surface area contributed by atoms with Gasteiger partial charge in [0.1, 0.15) is 0 Å². The lowest BCUT2D eigenvalue weighted by Crippen LogP contribution is -2.29. The summed E-state index contributed by atoms with van der Waals surface area (Å²) in [4.78, 5) is 7.00. The first kappa shape index (κ1) is 21.4. The van der Waals surface area contributed by atoms with Crippen molar-refractivity contribution in [3.05, 3.63) is 119 Å². The van der Waals surface area contributed by atoms with Gasteiger partial charge in [-0.3, -0.25) is 4.98 Å². The van der Waals surface area contributed by atoms with Gasteiger partial charge >= 0.3 is 0 Å². The highest BCUT2D eigenvalue weighted by molar-refractivity contribution is 7.80. The number of thiocarbonyl (C=S) groups is 1. The van der Waals surface area contributed by atoms with Gasteiger partial charge in [0.2, 0.25) is 0 Å². The Morgan fingerprint density at radius 3 is 2.36 bits per heavy atom. The van der Waals surface area contributed by atoms with E-state index in [1.54, 1.807) is 0 Å². The van der Waals surface area contributed by atoms with Crippen molar-refractivity contribution in [2.24, 2.45) is 0 Å². The largest absolute Gasteiger partial charge is 0.352 e. The van der Waals surface area contributed by atoms with Gasteiger partial charge in [-0.05, 0) is 73.9 Å². The molecular weight excluding hydrogens is 424 g/mol. The second-order valence-electron chi connectivity index (χ2n) is 8.69. The van der Waals surface area contributed by atoms with Crippen LogP contribution in [0.1, 0.15) is 45.9 Å². The van der Waals surface area contributed by atoms with Crippen LogP contribution in [0.15, 0.2) is 85.1 Å². The molecule has 1 aliphatic heterocycles. The van der Waals surface area contributed by atoms with Gasteiger partial charge in [0, 0.05) is 29.8 Å². The highest BCUT2D eigenvalue weighted by Gasteiger charge is 2.41. The highest BCUT2D eigenvalue weighted by Crippen LogP contribution is 2.42. The molecule has 1 saturated heterocycles. The number of rotatable bonds is 5. The van der Waals surface area contributed by atoms with Crippen LogP contribution in [-0.4, -0.2) is 19.6 Å². The van der Waals surface area contributed by atoms with Gasteiger partial charge in [0.25, 0.3) is 0 Å². The van der Waals surface area contributed by atoms with E-state index in [0.717, 1.165) is 17.4 Å². The molecule has 0 spiro atoms. The Bertz CT molecular complexity index is 1280. The summed E-state index contributed by atoms with van der Waals surface area (Å²) in [6.45, 7) is 7.31. The Kier molecular flexibility index (Phi) is 5.73. The molecule has 5 rings (SSSR count). The fraction of sp³-hybridized carbons (Fsp3) is 0.214. The van der Waals surface area contributed by atoms with Crippen molar-refractivity contribution < 1.29 is 0 Å². The Balaban J connectivity index is 1.63. The molecule has 4 aromatic rings. The third-order valence-corrected chi connectivity index (χ3v) is 6.89. The van der Waals surface area contributed by atoms with Gasteiger partial charge in [-0.15, -0.1) is 0 Å². The molecule has 1 aliphatic rings. The summed E-state index contributed by atoms with van der Waals surface area (Å²) < 4.78 is 2.36. The van der Waals surface area contributed by atoms with Gasteiger partial charge in [-0.2, -0.15) is 0 Å². The Hall–Kier alpha value is -3.44. The Morgan fingerprint density at radius 2 is 1.64 bits per heavy atom. The molecule has 0 radical (unpaired) electrons. The smallest absolute Gasteiger partial charge is 0.170 e. The SMILES string of the molecule is Cc1ccccc1-n1c(C)cc([C@H]2[C@H](c3ccccn3)NC(=S)N2Cc2ccccc2)c1C. The maximum atomic E-state index is 5.87. The van der Waals surface area contributed by atoms with Crippen molar-refractivity contribution in [2.45, 2.75) is 39.4 Å². The number of hydrogen-bond donors (Lipinski definition) is 1. The van der Waals surface area contributed by atoms with Crippen molar-refractivity contribution in [1.29, 1.82) is 0 Å². The van der Waals surface area contributed by atoms with Crippen LogP contribution in [0.4, 0.5) is 0 Å². The second-order valence-corrected chi connectivity index (χ2v) is 9.08. The molecule has 0 bridgehead atoms. The molecule has 0 saturated carbocycles. The standard InChI is InChI=1S/C28H28N4S/c1-19-11-7-8-15-25(19)32-20(2)17-23(21(32)3)27-26(24-14-9-10-16-29-24)30-28(33)31(27)18-22-12-5-4-6-13-22/h4-17,26-27H,18H2,1-3H3,(H,30,33)/t26-,27-/m0/s1. The Labute approximate surface area is 200 Å².